The average molecular weight is 183 g/mol. The smallest absolute Gasteiger partial charge is 0.402 e. The molecular formula is C7H5NO5. The first kappa shape index (κ1) is 8.98. The Morgan fingerprint density at radius 3 is 2.23 bits per heavy atom. The molecule has 0 aromatic carbocycles. The molecule has 1 heterocycles. The van der Waals surface area contributed by atoms with Gasteiger partial charge < -0.3 is 15.4 Å². The van der Waals surface area contributed by atoms with Crippen LogP contribution in [0.3, 0.4) is 0 Å². The first-order chi connectivity index (χ1) is 6.02. The highest BCUT2D eigenvalue weighted by atomic mass is 16.5. The summed E-state index contributed by atoms with van der Waals surface area (Å²) < 4.78 is 0.00574. The summed E-state index contributed by atoms with van der Waals surface area (Å²) in [5.74, 6) is -2.67. The molecule has 1 aromatic heterocycles. The van der Waals surface area contributed by atoms with Gasteiger partial charge in [0, 0.05) is 6.07 Å². The second-order valence-electron chi connectivity index (χ2n) is 2.24. The molecule has 0 aliphatic carbocycles. The zero-order chi connectivity index (χ0) is 10.0. The molecule has 0 atom stereocenters. The largest absolute Gasteiger partial charge is 0.618 e. The van der Waals surface area contributed by atoms with E-state index in [0.717, 1.165) is 12.1 Å². The zero-order valence-corrected chi connectivity index (χ0v) is 6.30. The van der Waals surface area contributed by atoms with Crippen molar-refractivity contribution < 1.29 is 24.5 Å². The van der Waals surface area contributed by atoms with Crippen molar-refractivity contribution in [3.8, 4) is 0 Å². The minimum Gasteiger partial charge on any atom is -0.618 e. The number of pyridine rings is 1. The highest BCUT2D eigenvalue weighted by Crippen LogP contribution is 1.98. The van der Waals surface area contributed by atoms with Crippen molar-refractivity contribution in [1.82, 2.24) is 0 Å². The molecule has 2 N–H and O–H groups in total. The lowest BCUT2D eigenvalue weighted by atomic mass is 10.2. The van der Waals surface area contributed by atoms with E-state index in [0.29, 0.717) is 6.20 Å². The van der Waals surface area contributed by atoms with E-state index in [9.17, 15) is 14.8 Å². The number of rotatable bonds is 2. The molecule has 13 heavy (non-hydrogen) atoms. The summed E-state index contributed by atoms with van der Waals surface area (Å²) in [6.45, 7) is 0. The summed E-state index contributed by atoms with van der Waals surface area (Å²) in [7, 11) is 0. The quantitative estimate of drug-likeness (QED) is 0.484. The first-order valence-corrected chi connectivity index (χ1v) is 3.22. The van der Waals surface area contributed by atoms with Crippen LogP contribution in [0.4, 0.5) is 0 Å². The van der Waals surface area contributed by atoms with Crippen LogP contribution in [0, 0.1) is 5.21 Å². The van der Waals surface area contributed by atoms with Gasteiger partial charge in [-0.2, -0.15) is 4.73 Å². The summed E-state index contributed by atoms with van der Waals surface area (Å²) in [6, 6.07) is 2.00. The lowest BCUT2D eigenvalue weighted by Gasteiger charge is -2.00. The van der Waals surface area contributed by atoms with Crippen LogP contribution in [0.1, 0.15) is 20.8 Å². The lowest BCUT2D eigenvalue weighted by molar-refractivity contribution is -0.608. The average Bonchev–Trinajstić information content (AvgIpc) is 2.03. The van der Waals surface area contributed by atoms with Crippen molar-refractivity contribution in [2.45, 2.75) is 0 Å². The van der Waals surface area contributed by atoms with Gasteiger partial charge in [0.25, 0.3) is 0 Å². The molecule has 0 spiro atoms. The molecule has 0 aliphatic heterocycles. The number of carbonyl (C=O) groups is 2. The summed E-state index contributed by atoms with van der Waals surface area (Å²) in [4.78, 5) is 20.7. The summed E-state index contributed by atoms with van der Waals surface area (Å²) in [6.07, 6.45) is 0.700. The molecule has 0 bridgehead atoms. The standard InChI is InChI=1S/C7H5NO5/c9-6(10)4-1-2-5(7(11)12)8(13)3-4/h1-3H,(H,9,10)(H,11,12). The van der Waals surface area contributed by atoms with E-state index >= 15 is 0 Å². The summed E-state index contributed by atoms with van der Waals surface area (Å²) in [5.41, 5.74) is -0.759. The van der Waals surface area contributed by atoms with E-state index in [2.05, 4.69) is 0 Å². The number of hydrogen-bond acceptors (Lipinski definition) is 3. The van der Waals surface area contributed by atoms with E-state index in [1.165, 1.54) is 0 Å². The Morgan fingerprint density at radius 1 is 1.23 bits per heavy atom. The Hall–Kier alpha value is -2.11. The Balaban J connectivity index is 3.20. The minimum absolute atomic E-state index is 0.00574. The van der Waals surface area contributed by atoms with Gasteiger partial charge in [-0.05, 0) is 6.07 Å². The fourth-order valence-corrected chi connectivity index (χ4v) is 0.773. The van der Waals surface area contributed by atoms with Crippen LogP contribution in [0.2, 0.25) is 0 Å². The van der Waals surface area contributed by atoms with E-state index in [4.69, 9.17) is 10.2 Å². The summed E-state index contributed by atoms with van der Waals surface area (Å²) >= 11 is 0. The normalized spacial score (nSPS) is 9.54. The highest BCUT2D eigenvalue weighted by molar-refractivity contribution is 5.88. The third-order valence-corrected chi connectivity index (χ3v) is 1.38. The second-order valence-corrected chi connectivity index (χ2v) is 2.24. The molecule has 0 saturated carbocycles. The first-order valence-electron chi connectivity index (χ1n) is 3.22. The van der Waals surface area contributed by atoms with Gasteiger partial charge in [-0.25, -0.2) is 9.59 Å². The van der Waals surface area contributed by atoms with Crippen LogP contribution < -0.4 is 4.73 Å². The van der Waals surface area contributed by atoms with Crippen LogP contribution >= 0.6 is 0 Å². The van der Waals surface area contributed by atoms with Crippen molar-refractivity contribution in [1.29, 1.82) is 0 Å². The van der Waals surface area contributed by atoms with Gasteiger partial charge in [0.1, 0.15) is 5.56 Å². The van der Waals surface area contributed by atoms with Gasteiger partial charge in [-0.3, -0.25) is 0 Å². The van der Waals surface area contributed by atoms with Crippen LogP contribution in [0.15, 0.2) is 18.3 Å². The summed E-state index contributed by atoms with van der Waals surface area (Å²) in [5, 5.41) is 27.7. The van der Waals surface area contributed by atoms with Crippen LogP contribution in [-0.4, -0.2) is 22.2 Å². The number of hydrogen-bond donors (Lipinski definition) is 2. The monoisotopic (exact) mass is 183 g/mol. The maximum Gasteiger partial charge on any atom is 0.402 e. The van der Waals surface area contributed by atoms with Gasteiger partial charge in [-0.1, -0.05) is 0 Å². The molecule has 0 amide bonds. The topological polar surface area (TPSA) is 102 Å². The number of carboxylic acid groups (broad SMARTS) is 2. The van der Waals surface area contributed by atoms with Gasteiger partial charge in [0.05, 0.1) is 0 Å². The molecule has 0 unspecified atom stereocenters. The van der Waals surface area contributed by atoms with Crippen LogP contribution in [0.25, 0.3) is 0 Å². The molecule has 0 aliphatic rings. The fourth-order valence-electron chi connectivity index (χ4n) is 0.773. The SMILES string of the molecule is O=C(O)c1ccc(C(=O)O)[n+]([O-])c1. The fraction of sp³-hybridized carbons (Fsp3) is 0. The third-order valence-electron chi connectivity index (χ3n) is 1.38. The Morgan fingerprint density at radius 2 is 1.85 bits per heavy atom. The Labute approximate surface area is 72.3 Å². The minimum atomic E-state index is -1.40. The predicted molar refractivity (Wildman–Crippen MR) is 39.3 cm³/mol. The molecule has 1 rings (SSSR count). The number of aromatic carboxylic acids is 2. The Kier molecular flexibility index (Phi) is 2.14. The molecule has 0 radical (unpaired) electrons. The van der Waals surface area contributed by atoms with Gasteiger partial charge in [0.2, 0.25) is 0 Å². The van der Waals surface area contributed by atoms with Crippen molar-refractivity contribution in [3.63, 3.8) is 0 Å². The zero-order valence-electron chi connectivity index (χ0n) is 6.30. The maximum atomic E-state index is 10.9. The van der Waals surface area contributed by atoms with E-state index in [1.807, 2.05) is 0 Å². The molecule has 0 fully saturated rings. The molecule has 6 nitrogen and oxygen atoms in total. The molecular weight excluding hydrogens is 178 g/mol. The van der Waals surface area contributed by atoms with E-state index in [-0.39, 0.29) is 10.3 Å². The van der Waals surface area contributed by atoms with E-state index < -0.39 is 17.6 Å². The van der Waals surface area contributed by atoms with Crippen LogP contribution in [0.5, 0.6) is 0 Å². The Bertz CT molecular complexity index is 373. The van der Waals surface area contributed by atoms with Gasteiger partial charge in [-0.15, -0.1) is 0 Å². The number of aromatic nitrogens is 1. The van der Waals surface area contributed by atoms with Crippen molar-refractivity contribution in [3.05, 3.63) is 34.8 Å². The predicted octanol–water partition coefficient (Wildman–Crippen LogP) is -0.284. The van der Waals surface area contributed by atoms with Crippen LogP contribution in [-0.2, 0) is 0 Å². The van der Waals surface area contributed by atoms with E-state index in [1.54, 1.807) is 0 Å². The molecule has 68 valence electrons. The molecule has 6 heteroatoms. The van der Waals surface area contributed by atoms with Gasteiger partial charge >= 0.3 is 17.6 Å². The van der Waals surface area contributed by atoms with Crippen molar-refractivity contribution in [2.24, 2.45) is 0 Å². The molecule has 0 saturated heterocycles. The molecule has 1 aromatic rings. The number of nitrogens with zero attached hydrogens (tertiary/aromatic N) is 1. The number of carboxylic acids is 2. The van der Waals surface area contributed by atoms with Crippen molar-refractivity contribution >= 4 is 11.9 Å². The lowest BCUT2D eigenvalue weighted by Crippen LogP contribution is -2.35. The third kappa shape index (κ3) is 1.73. The second kappa shape index (κ2) is 3.10. The van der Waals surface area contributed by atoms with Crippen molar-refractivity contribution in [2.75, 3.05) is 0 Å². The highest BCUT2D eigenvalue weighted by Gasteiger charge is 2.16. The van der Waals surface area contributed by atoms with Gasteiger partial charge in [0.15, 0.2) is 6.20 Å². The maximum absolute atomic E-state index is 10.9.